The van der Waals surface area contributed by atoms with Crippen LogP contribution in [-0.2, 0) is 4.79 Å². The van der Waals surface area contributed by atoms with Crippen LogP contribution >= 0.6 is 35.4 Å². The van der Waals surface area contributed by atoms with Gasteiger partial charge in [-0.1, -0.05) is 35.3 Å². The highest BCUT2D eigenvalue weighted by Gasteiger charge is 2.12. The number of hydrogen-bond donors (Lipinski definition) is 2. The summed E-state index contributed by atoms with van der Waals surface area (Å²) in [5.41, 5.74) is 2.19. The normalized spacial score (nSPS) is 11.0. The van der Waals surface area contributed by atoms with Crippen LogP contribution in [0.2, 0.25) is 10.0 Å². The van der Waals surface area contributed by atoms with Crippen LogP contribution in [0.4, 0.5) is 5.69 Å². The zero-order chi connectivity index (χ0) is 18.7. The summed E-state index contributed by atoms with van der Waals surface area (Å²) < 4.78 is 1.81. The quantitative estimate of drug-likeness (QED) is 0.485. The third kappa shape index (κ3) is 4.19. The molecule has 0 aliphatic carbocycles. The molecule has 0 aliphatic heterocycles. The number of nitrogens with zero attached hydrogens (tertiary/aromatic N) is 3. The van der Waals surface area contributed by atoms with Gasteiger partial charge in [0, 0.05) is 23.2 Å². The summed E-state index contributed by atoms with van der Waals surface area (Å²) in [5.74, 6) is 0.350. The van der Waals surface area contributed by atoms with Gasteiger partial charge in [-0.25, -0.2) is 5.10 Å². The molecule has 2 aromatic carbocycles. The maximum atomic E-state index is 11.1. The number of rotatable bonds is 4. The fourth-order valence-electron chi connectivity index (χ4n) is 2.22. The lowest BCUT2D eigenvalue weighted by Gasteiger charge is -2.04. The van der Waals surface area contributed by atoms with Gasteiger partial charge in [0.1, 0.15) is 0 Å². The molecular weight excluding hydrogens is 393 g/mol. The van der Waals surface area contributed by atoms with Gasteiger partial charge in [0.05, 0.1) is 11.2 Å². The van der Waals surface area contributed by atoms with Crippen LogP contribution < -0.4 is 5.32 Å². The number of hydrogen-bond acceptors (Lipinski definition) is 4. The van der Waals surface area contributed by atoms with Crippen molar-refractivity contribution < 1.29 is 4.79 Å². The minimum absolute atomic E-state index is 0.124. The van der Waals surface area contributed by atoms with Crippen LogP contribution in [0.5, 0.6) is 0 Å². The molecule has 2 N–H and O–H groups in total. The van der Waals surface area contributed by atoms with Gasteiger partial charge < -0.3 is 5.32 Å². The van der Waals surface area contributed by atoms with Crippen molar-refractivity contribution in [2.75, 3.05) is 5.32 Å². The van der Waals surface area contributed by atoms with Gasteiger partial charge in [0.25, 0.3) is 0 Å². The number of H-pyrrole nitrogens is 1. The molecule has 0 spiro atoms. The van der Waals surface area contributed by atoms with Gasteiger partial charge >= 0.3 is 0 Å². The molecule has 0 radical (unpaired) electrons. The first kappa shape index (κ1) is 18.3. The van der Waals surface area contributed by atoms with E-state index in [2.05, 4.69) is 20.6 Å². The highest BCUT2D eigenvalue weighted by Crippen LogP contribution is 2.29. The summed E-state index contributed by atoms with van der Waals surface area (Å²) in [4.78, 5) is 11.1. The minimum Gasteiger partial charge on any atom is -0.326 e. The van der Waals surface area contributed by atoms with Crippen molar-refractivity contribution in [1.82, 2.24) is 14.9 Å². The van der Waals surface area contributed by atoms with Crippen molar-refractivity contribution in [1.29, 1.82) is 0 Å². The summed E-state index contributed by atoms with van der Waals surface area (Å²) in [6.45, 7) is 1.46. The van der Waals surface area contributed by atoms with Crippen LogP contribution in [0.1, 0.15) is 12.5 Å². The molecule has 0 bridgehead atoms. The lowest BCUT2D eigenvalue weighted by molar-refractivity contribution is -0.114. The molecule has 26 heavy (non-hydrogen) atoms. The first-order chi connectivity index (χ1) is 12.4. The second-order valence-electron chi connectivity index (χ2n) is 5.34. The van der Waals surface area contributed by atoms with Gasteiger partial charge in [-0.2, -0.15) is 14.9 Å². The number of aromatic nitrogens is 3. The van der Waals surface area contributed by atoms with E-state index in [4.69, 9.17) is 35.4 Å². The lowest BCUT2D eigenvalue weighted by Crippen LogP contribution is -2.05. The smallest absolute Gasteiger partial charge is 0.221 e. The molecule has 0 unspecified atom stereocenters. The Kier molecular flexibility index (Phi) is 5.51. The van der Waals surface area contributed by atoms with E-state index in [1.165, 1.54) is 11.6 Å². The summed E-state index contributed by atoms with van der Waals surface area (Å²) in [7, 11) is 0. The van der Waals surface area contributed by atoms with E-state index in [1.807, 2.05) is 12.1 Å². The highest BCUT2D eigenvalue weighted by molar-refractivity contribution is 7.71. The van der Waals surface area contributed by atoms with Crippen LogP contribution in [0.15, 0.2) is 47.6 Å². The third-order valence-electron chi connectivity index (χ3n) is 3.38. The van der Waals surface area contributed by atoms with Gasteiger partial charge in [0.15, 0.2) is 5.82 Å². The number of benzene rings is 2. The molecule has 3 aromatic rings. The molecule has 0 atom stereocenters. The van der Waals surface area contributed by atoms with Gasteiger partial charge in [-0.05, 0) is 48.1 Å². The van der Waals surface area contributed by atoms with E-state index in [-0.39, 0.29) is 5.91 Å². The molecule has 1 amide bonds. The van der Waals surface area contributed by atoms with E-state index in [0.29, 0.717) is 31.9 Å². The predicted molar refractivity (Wildman–Crippen MR) is 107 cm³/mol. The average Bonchev–Trinajstić information content (AvgIpc) is 2.94. The summed E-state index contributed by atoms with van der Waals surface area (Å²) in [6.07, 6.45) is 1.64. The van der Waals surface area contributed by atoms with Crippen LogP contribution in [-0.4, -0.2) is 27.0 Å². The molecule has 0 saturated carbocycles. The van der Waals surface area contributed by atoms with E-state index in [1.54, 1.807) is 36.5 Å². The first-order valence-electron chi connectivity index (χ1n) is 7.49. The Morgan fingerprint density at radius 3 is 2.65 bits per heavy atom. The summed E-state index contributed by atoms with van der Waals surface area (Å²) in [5, 5.41) is 15.0. The predicted octanol–water partition coefficient (Wildman–Crippen LogP) is 4.76. The molecule has 132 valence electrons. The van der Waals surface area contributed by atoms with Crippen molar-refractivity contribution in [2.24, 2.45) is 5.10 Å². The van der Waals surface area contributed by atoms with Crippen LogP contribution in [0, 0.1) is 4.77 Å². The standard InChI is InChI=1S/C17H13Cl2N5OS/c1-10(25)21-13-5-2-11(3-6-13)9-20-24-16(22-23-17(24)26)14-7-4-12(18)8-15(14)19/h2-9H,1H3,(H,21,25)(H,23,26)/b20-9-. The average molecular weight is 406 g/mol. The Morgan fingerprint density at radius 1 is 1.27 bits per heavy atom. The molecule has 0 aliphatic rings. The van der Waals surface area contributed by atoms with E-state index < -0.39 is 0 Å². The molecule has 6 nitrogen and oxygen atoms in total. The van der Waals surface area contributed by atoms with E-state index in [9.17, 15) is 4.79 Å². The van der Waals surface area contributed by atoms with Gasteiger partial charge in [0.2, 0.25) is 10.7 Å². The fraction of sp³-hybridized carbons (Fsp3) is 0.0588. The van der Waals surface area contributed by atoms with Crippen molar-refractivity contribution in [3.05, 3.63) is 62.8 Å². The van der Waals surface area contributed by atoms with Crippen LogP contribution in [0.3, 0.4) is 0 Å². The third-order valence-corrected chi connectivity index (χ3v) is 4.19. The zero-order valence-electron chi connectivity index (χ0n) is 13.5. The van der Waals surface area contributed by atoms with Gasteiger partial charge in [-0.15, -0.1) is 0 Å². The minimum atomic E-state index is -0.124. The maximum Gasteiger partial charge on any atom is 0.221 e. The second kappa shape index (κ2) is 7.82. The molecule has 1 heterocycles. The molecular formula is C17H13Cl2N5OS. The number of amides is 1. The molecule has 0 fully saturated rings. The monoisotopic (exact) mass is 405 g/mol. The Bertz CT molecular complexity index is 1040. The Balaban J connectivity index is 1.91. The molecule has 0 saturated heterocycles. The van der Waals surface area contributed by atoms with Crippen molar-refractivity contribution in [2.45, 2.75) is 6.92 Å². The van der Waals surface area contributed by atoms with E-state index >= 15 is 0 Å². The van der Waals surface area contributed by atoms with E-state index in [0.717, 1.165) is 5.56 Å². The zero-order valence-corrected chi connectivity index (χ0v) is 15.9. The van der Waals surface area contributed by atoms with Crippen molar-refractivity contribution in [3.63, 3.8) is 0 Å². The first-order valence-corrected chi connectivity index (χ1v) is 8.65. The largest absolute Gasteiger partial charge is 0.326 e. The number of halogens is 2. The topological polar surface area (TPSA) is 75.1 Å². The number of anilines is 1. The fourth-order valence-corrected chi connectivity index (χ4v) is 2.90. The van der Waals surface area contributed by atoms with Crippen molar-refractivity contribution >= 4 is 53.2 Å². The Hall–Kier alpha value is -2.48. The molecule has 1 aromatic heterocycles. The Morgan fingerprint density at radius 2 is 2.00 bits per heavy atom. The number of carbonyl (C=O) groups is 1. The van der Waals surface area contributed by atoms with Crippen LogP contribution in [0.25, 0.3) is 11.4 Å². The van der Waals surface area contributed by atoms with Crippen molar-refractivity contribution in [3.8, 4) is 11.4 Å². The number of carbonyl (C=O) groups excluding carboxylic acids is 1. The molecule has 9 heteroatoms. The Labute approximate surface area is 164 Å². The maximum absolute atomic E-state index is 11.1. The number of aromatic amines is 1. The highest BCUT2D eigenvalue weighted by atomic mass is 35.5. The summed E-state index contributed by atoms with van der Waals surface area (Å²) >= 11 is 17.4. The lowest BCUT2D eigenvalue weighted by atomic mass is 10.2. The molecule has 3 rings (SSSR count). The van der Waals surface area contributed by atoms with Gasteiger partial charge in [-0.3, -0.25) is 4.79 Å². The SMILES string of the molecule is CC(=O)Nc1ccc(/C=N\n2c(-c3ccc(Cl)cc3Cl)n[nH]c2=S)cc1. The second-order valence-corrected chi connectivity index (χ2v) is 6.57. The summed E-state index contributed by atoms with van der Waals surface area (Å²) in [6, 6.07) is 12.3. The number of nitrogens with one attached hydrogen (secondary N) is 2.